The number of rotatable bonds is 5. The summed E-state index contributed by atoms with van der Waals surface area (Å²) in [4.78, 5) is 0. The van der Waals surface area contributed by atoms with Gasteiger partial charge >= 0.3 is 0 Å². The van der Waals surface area contributed by atoms with Crippen LogP contribution in [0.15, 0.2) is 27.9 Å². The summed E-state index contributed by atoms with van der Waals surface area (Å²) in [5, 5.41) is 6.20. The van der Waals surface area contributed by atoms with Gasteiger partial charge in [-0.3, -0.25) is 4.68 Å². The lowest BCUT2D eigenvalue weighted by molar-refractivity contribution is 0.479. The van der Waals surface area contributed by atoms with E-state index in [1.165, 1.54) is 11.3 Å². The molecule has 3 heterocycles. The fourth-order valence-electron chi connectivity index (χ4n) is 2.61. The third-order valence-electron chi connectivity index (χ3n) is 3.68. The number of hydrogen-bond acceptors (Lipinski definition) is 4. The smallest absolute Gasteiger partial charge is 0.252 e. The molecular formula is C14H19N3O2S2. The maximum absolute atomic E-state index is 12.5. The summed E-state index contributed by atoms with van der Waals surface area (Å²) in [5.41, 5.74) is 1.92. The van der Waals surface area contributed by atoms with Crippen LogP contribution in [0.25, 0.3) is 11.3 Å². The standard InChI is InChI=1S/C14H19N3O2S2/c1-2-7-17-13(5-6-15-17)12-10-14(20-11-12)21(18,19)16-8-3-4-9-16/h5-6,10-11H,2-4,7-9H2,1H3. The van der Waals surface area contributed by atoms with Gasteiger partial charge in [-0.05, 0) is 31.4 Å². The van der Waals surface area contributed by atoms with E-state index in [-0.39, 0.29) is 0 Å². The van der Waals surface area contributed by atoms with Gasteiger partial charge in [0.1, 0.15) is 4.21 Å². The first kappa shape index (κ1) is 14.7. The second-order valence-corrected chi connectivity index (χ2v) is 8.28. The number of hydrogen-bond donors (Lipinski definition) is 0. The monoisotopic (exact) mass is 325 g/mol. The van der Waals surface area contributed by atoms with Gasteiger partial charge in [0, 0.05) is 36.8 Å². The molecule has 0 aromatic carbocycles. The van der Waals surface area contributed by atoms with Gasteiger partial charge in [0.25, 0.3) is 10.0 Å². The highest BCUT2D eigenvalue weighted by atomic mass is 32.2. The van der Waals surface area contributed by atoms with Crippen molar-refractivity contribution in [3.8, 4) is 11.3 Å². The molecular weight excluding hydrogens is 306 g/mol. The zero-order valence-corrected chi connectivity index (χ0v) is 13.7. The number of aryl methyl sites for hydroxylation is 1. The molecule has 0 N–H and O–H groups in total. The van der Waals surface area contributed by atoms with E-state index in [9.17, 15) is 8.42 Å². The predicted octanol–water partition coefficient (Wildman–Crippen LogP) is 2.81. The van der Waals surface area contributed by atoms with Crippen molar-refractivity contribution in [3.63, 3.8) is 0 Å². The molecule has 0 aliphatic carbocycles. The summed E-state index contributed by atoms with van der Waals surface area (Å²) in [6, 6.07) is 3.71. The second kappa shape index (κ2) is 5.90. The van der Waals surface area contributed by atoms with Crippen LogP contribution in [0.5, 0.6) is 0 Å². The van der Waals surface area contributed by atoms with Crippen LogP contribution in [0.3, 0.4) is 0 Å². The maximum atomic E-state index is 12.5. The molecule has 7 heteroatoms. The Bertz CT molecular complexity index is 712. The average Bonchev–Trinajstić information content (AvgIpc) is 3.20. The molecule has 1 aliphatic rings. The quantitative estimate of drug-likeness (QED) is 0.849. The topological polar surface area (TPSA) is 55.2 Å². The number of thiophene rings is 1. The molecule has 0 atom stereocenters. The Hall–Kier alpha value is -1.18. The third-order valence-corrected chi connectivity index (χ3v) is 7.00. The van der Waals surface area contributed by atoms with Crippen molar-refractivity contribution in [2.75, 3.05) is 13.1 Å². The third kappa shape index (κ3) is 2.77. The second-order valence-electron chi connectivity index (χ2n) is 5.21. The zero-order chi connectivity index (χ0) is 14.9. The van der Waals surface area contributed by atoms with Crippen molar-refractivity contribution in [3.05, 3.63) is 23.7 Å². The summed E-state index contributed by atoms with van der Waals surface area (Å²) in [5.74, 6) is 0. The Labute approximate surface area is 129 Å². The lowest BCUT2D eigenvalue weighted by Crippen LogP contribution is -2.27. The van der Waals surface area contributed by atoms with Gasteiger partial charge < -0.3 is 0 Å². The van der Waals surface area contributed by atoms with Crippen molar-refractivity contribution in [2.24, 2.45) is 0 Å². The van der Waals surface area contributed by atoms with Crippen molar-refractivity contribution < 1.29 is 8.42 Å². The minimum absolute atomic E-state index is 0.434. The van der Waals surface area contributed by atoms with Gasteiger partial charge in [0.15, 0.2) is 0 Å². The van der Waals surface area contributed by atoms with E-state index >= 15 is 0 Å². The van der Waals surface area contributed by atoms with Gasteiger partial charge in [-0.2, -0.15) is 9.40 Å². The van der Waals surface area contributed by atoms with Gasteiger partial charge in [-0.1, -0.05) is 6.92 Å². The number of aromatic nitrogens is 2. The minimum atomic E-state index is -3.31. The van der Waals surface area contributed by atoms with Crippen LogP contribution < -0.4 is 0 Å². The first-order valence-corrected chi connectivity index (χ1v) is 9.56. The van der Waals surface area contributed by atoms with E-state index in [4.69, 9.17) is 0 Å². The molecule has 1 aliphatic heterocycles. The van der Waals surface area contributed by atoms with Crippen molar-refractivity contribution in [1.29, 1.82) is 0 Å². The molecule has 0 amide bonds. The van der Waals surface area contributed by atoms with E-state index in [1.807, 2.05) is 16.1 Å². The van der Waals surface area contributed by atoms with Gasteiger partial charge in [0.05, 0.1) is 5.69 Å². The minimum Gasteiger partial charge on any atom is -0.265 e. The Morgan fingerprint density at radius 1 is 1.33 bits per heavy atom. The fourth-order valence-corrected chi connectivity index (χ4v) is 5.45. The highest BCUT2D eigenvalue weighted by Crippen LogP contribution is 2.31. The first-order chi connectivity index (χ1) is 10.1. The van der Waals surface area contributed by atoms with Gasteiger partial charge in [0.2, 0.25) is 0 Å². The maximum Gasteiger partial charge on any atom is 0.252 e. The average molecular weight is 325 g/mol. The molecule has 5 nitrogen and oxygen atoms in total. The first-order valence-electron chi connectivity index (χ1n) is 7.24. The lowest BCUT2D eigenvalue weighted by atomic mass is 10.2. The van der Waals surface area contributed by atoms with Crippen LogP contribution >= 0.6 is 11.3 Å². The highest BCUT2D eigenvalue weighted by Gasteiger charge is 2.28. The van der Waals surface area contributed by atoms with E-state index in [0.717, 1.165) is 37.1 Å². The molecule has 2 aromatic rings. The Balaban J connectivity index is 1.91. The fraction of sp³-hybridized carbons (Fsp3) is 0.500. The van der Waals surface area contributed by atoms with Crippen LogP contribution in [-0.4, -0.2) is 35.6 Å². The molecule has 1 saturated heterocycles. The van der Waals surface area contributed by atoms with Crippen molar-refractivity contribution in [1.82, 2.24) is 14.1 Å². The zero-order valence-electron chi connectivity index (χ0n) is 12.0. The van der Waals surface area contributed by atoms with E-state index in [2.05, 4.69) is 12.0 Å². The van der Waals surface area contributed by atoms with Gasteiger partial charge in [-0.25, -0.2) is 8.42 Å². The summed E-state index contributed by atoms with van der Waals surface area (Å²) in [6.07, 6.45) is 4.68. The molecule has 2 aromatic heterocycles. The molecule has 0 saturated carbocycles. The van der Waals surface area contributed by atoms with Gasteiger partial charge in [-0.15, -0.1) is 11.3 Å². The molecule has 3 rings (SSSR count). The Morgan fingerprint density at radius 2 is 2.10 bits per heavy atom. The van der Waals surface area contributed by atoms with E-state index in [1.54, 1.807) is 16.6 Å². The summed E-state index contributed by atoms with van der Waals surface area (Å²) < 4.78 is 29.0. The van der Waals surface area contributed by atoms with Crippen LogP contribution in [0.1, 0.15) is 26.2 Å². The summed E-state index contributed by atoms with van der Waals surface area (Å²) in [6.45, 7) is 4.22. The van der Waals surface area contributed by atoms with E-state index < -0.39 is 10.0 Å². The molecule has 21 heavy (non-hydrogen) atoms. The highest BCUT2D eigenvalue weighted by molar-refractivity contribution is 7.91. The molecule has 0 radical (unpaired) electrons. The molecule has 0 bridgehead atoms. The van der Waals surface area contributed by atoms with Crippen LogP contribution in [0, 0.1) is 0 Å². The molecule has 1 fully saturated rings. The van der Waals surface area contributed by atoms with E-state index in [0.29, 0.717) is 17.3 Å². The number of nitrogens with zero attached hydrogens (tertiary/aromatic N) is 3. The Morgan fingerprint density at radius 3 is 2.81 bits per heavy atom. The van der Waals surface area contributed by atoms with Crippen molar-refractivity contribution >= 4 is 21.4 Å². The van der Waals surface area contributed by atoms with Crippen LogP contribution in [0.2, 0.25) is 0 Å². The van der Waals surface area contributed by atoms with Crippen LogP contribution in [0.4, 0.5) is 0 Å². The predicted molar refractivity (Wildman–Crippen MR) is 83.8 cm³/mol. The number of sulfonamides is 1. The van der Waals surface area contributed by atoms with Crippen LogP contribution in [-0.2, 0) is 16.6 Å². The summed E-state index contributed by atoms with van der Waals surface area (Å²) >= 11 is 1.30. The molecule has 0 unspecified atom stereocenters. The molecule has 114 valence electrons. The summed E-state index contributed by atoms with van der Waals surface area (Å²) in [7, 11) is -3.31. The van der Waals surface area contributed by atoms with Crippen molar-refractivity contribution in [2.45, 2.75) is 36.9 Å². The largest absolute Gasteiger partial charge is 0.265 e. The SMILES string of the molecule is CCCn1nccc1-c1csc(S(=O)(=O)N2CCCC2)c1. The normalized spacial score (nSPS) is 16.6. The lowest BCUT2D eigenvalue weighted by Gasteiger charge is -2.13. The molecule has 0 spiro atoms. The Kier molecular flexibility index (Phi) is 4.14.